The summed E-state index contributed by atoms with van der Waals surface area (Å²) in [6.45, 7) is 1.18. The quantitative estimate of drug-likeness (QED) is 0.444. The van der Waals surface area contributed by atoms with E-state index in [4.69, 9.17) is 20.4 Å². The Balaban J connectivity index is 5.07. The highest BCUT2D eigenvalue weighted by Gasteiger charge is 2.41. The van der Waals surface area contributed by atoms with E-state index in [0.29, 0.717) is 0 Å². The van der Waals surface area contributed by atoms with Crippen molar-refractivity contribution in [3.05, 3.63) is 0 Å². The van der Waals surface area contributed by atoms with Crippen LogP contribution in [-0.4, -0.2) is 44.3 Å². The average Bonchev–Trinajstić information content (AvgIpc) is 2.14. The summed E-state index contributed by atoms with van der Waals surface area (Å²) in [4.78, 5) is 42.6. The minimum absolute atomic E-state index is 0.562. The fourth-order valence-electron chi connectivity index (χ4n) is 1.31. The molecule has 2 atom stereocenters. The molecule has 0 bridgehead atoms. The van der Waals surface area contributed by atoms with Crippen molar-refractivity contribution in [2.75, 3.05) is 0 Å². The molecule has 0 saturated heterocycles. The summed E-state index contributed by atoms with van der Waals surface area (Å²) >= 11 is 0. The van der Waals surface area contributed by atoms with E-state index < -0.39 is 48.1 Å². The zero-order valence-electron chi connectivity index (χ0n) is 8.86. The van der Waals surface area contributed by atoms with Gasteiger partial charge in [-0.05, 0) is 6.42 Å². The fourth-order valence-corrected chi connectivity index (χ4v) is 1.31. The number of aliphatic carboxylic acids is 4. The van der Waals surface area contributed by atoms with E-state index in [1.165, 1.54) is 6.92 Å². The maximum atomic E-state index is 10.8. The van der Waals surface area contributed by atoms with Gasteiger partial charge in [0.1, 0.15) is 0 Å². The number of carbonyl (C=O) groups is 4. The highest BCUT2D eigenvalue weighted by Crippen LogP contribution is 2.22. The summed E-state index contributed by atoms with van der Waals surface area (Å²) in [5.74, 6) is -11.6. The van der Waals surface area contributed by atoms with Gasteiger partial charge in [0, 0.05) is 0 Å². The van der Waals surface area contributed by atoms with Gasteiger partial charge in [-0.3, -0.25) is 19.2 Å². The molecule has 0 aromatic heterocycles. The van der Waals surface area contributed by atoms with Crippen LogP contribution in [0.5, 0.6) is 0 Å². The molecular weight excluding hydrogens is 236 g/mol. The molecule has 0 amide bonds. The molecule has 96 valence electrons. The van der Waals surface area contributed by atoms with Crippen LogP contribution in [0.3, 0.4) is 0 Å². The molecule has 8 nitrogen and oxygen atoms in total. The first kappa shape index (κ1) is 14.9. The van der Waals surface area contributed by atoms with Gasteiger partial charge in [0.05, 0.1) is 11.8 Å². The summed E-state index contributed by atoms with van der Waals surface area (Å²) in [7, 11) is 0. The van der Waals surface area contributed by atoms with Crippen LogP contribution >= 0.6 is 0 Å². The Kier molecular flexibility index (Phi) is 5.10. The topological polar surface area (TPSA) is 149 Å². The fraction of sp³-hybridized carbons (Fsp3) is 0.556. The molecule has 0 spiro atoms. The molecule has 0 aromatic carbocycles. The lowest BCUT2D eigenvalue weighted by Crippen LogP contribution is -2.37. The molecule has 17 heavy (non-hydrogen) atoms. The number of carboxylic acids is 4. The Morgan fingerprint density at radius 2 is 1.24 bits per heavy atom. The van der Waals surface area contributed by atoms with Gasteiger partial charge in [-0.15, -0.1) is 0 Å². The minimum atomic E-state index is -2.16. The second-order valence-corrected chi connectivity index (χ2v) is 3.57. The molecular formula is C9H12O8. The molecule has 0 aliphatic heterocycles. The van der Waals surface area contributed by atoms with Crippen LogP contribution in [0.25, 0.3) is 0 Å². The van der Waals surface area contributed by atoms with Crippen LogP contribution in [0.4, 0.5) is 0 Å². The van der Waals surface area contributed by atoms with E-state index in [-0.39, 0.29) is 0 Å². The molecule has 0 heterocycles. The smallest absolute Gasteiger partial charge is 0.318 e. The zero-order chi connectivity index (χ0) is 13.7. The van der Waals surface area contributed by atoms with E-state index in [1.807, 2.05) is 0 Å². The standard InChI is InChI=1S/C9H12O8/c1-3(6(10)11)2-4(7(12)13)5(8(14)15)9(16)17/h3-5H,2H2,1H3,(H,10,11)(H,12,13)(H,14,15)(H,16,17). The summed E-state index contributed by atoms with van der Waals surface area (Å²) in [6, 6.07) is 0. The highest BCUT2D eigenvalue weighted by atomic mass is 16.4. The van der Waals surface area contributed by atoms with Crippen LogP contribution in [0.15, 0.2) is 0 Å². The molecule has 0 aliphatic rings. The maximum absolute atomic E-state index is 10.8. The maximum Gasteiger partial charge on any atom is 0.318 e. The van der Waals surface area contributed by atoms with Gasteiger partial charge in [-0.1, -0.05) is 6.92 Å². The number of hydrogen-bond donors (Lipinski definition) is 4. The molecule has 0 saturated carbocycles. The largest absolute Gasteiger partial charge is 0.481 e. The van der Waals surface area contributed by atoms with Gasteiger partial charge >= 0.3 is 23.9 Å². The van der Waals surface area contributed by atoms with Gasteiger partial charge < -0.3 is 20.4 Å². The summed E-state index contributed by atoms with van der Waals surface area (Å²) in [6.07, 6.45) is -0.562. The van der Waals surface area contributed by atoms with Crippen LogP contribution in [-0.2, 0) is 19.2 Å². The first-order valence-corrected chi connectivity index (χ1v) is 4.59. The van der Waals surface area contributed by atoms with Crippen molar-refractivity contribution in [3.8, 4) is 0 Å². The highest BCUT2D eigenvalue weighted by molar-refractivity contribution is 5.97. The Labute approximate surface area is 95.5 Å². The molecule has 2 unspecified atom stereocenters. The van der Waals surface area contributed by atoms with Crippen LogP contribution in [0.1, 0.15) is 13.3 Å². The molecule has 0 aromatic rings. The third kappa shape index (κ3) is 4.09. The number of rotatable bonds is 7. The zero-order valence-corrected chi connectivity index (χ0v) is 8.86. The van der Waals surface area contributed by atoms with E-state index >= 15 is 0 Å². The van der Waals surface area contributed by atoms with Crippen molar-refractivity contribution in [2.24, 2.45) is 17.8 Å². The predicted molar refractivity (Wildman–Crippen MR) is 51.3 cm³/mol. The Morgan fingerprint density at radius 1 is 0.824 bits per heavy atom. The summed E-state index contributed by atoms with van der Waals surface area (Å²) < 4.78 is 0. The van der Waals surface area contributed by atoms with Crippen LogP contribution in [0, 0.1) is 17.8 Å². The molecule has 0 rings (SSSR count). The van der Waals surface area contributed by atoms with Crippen molar-refractivity contribution in [1.29, 1.82) is 0 Å². The minimum Gasteiger partial charge on any atom is -0.481 e. The summed E-state index contributed by atoms with van der Waals surface area (Å²) in [5.41, 5.74) is 0. The number of hydrogen-bond acceptors (Lipinski definition) is 4. The van der Waals surface area contributed by atoms with Crippen LogP contribution < -0.4 is 0 Å². The van der Waals surface area contributed by atoms with E-state index in [2.05, 4.69) is 0 Å². The van der Waals surface area contributed by atoms with Crippen molar-refractivity contribution in [1.82, 2.24) is 0 Å². The van der Waals surface area contributed by atoms with Gasteiger partial charge in [-0.2, -0.15) is 0 Å². The first-order chi connectivity index (χ1) is 7.68. The van der Waals surface area contributed by atoms with Gasteiger partial charge in [-0.25, -0.2) is 0 Å². The lowest BCUT2D eigenvalue weighted by atomic mass is 9.85. The molecule has 0 radical (unpaired) electrons. The van der Waals surface area contributed by atoms with Gasteiger partial charge in [0.25, 0.3) is 0 Å². The van der Waals surface area contributed by atoms with E-state index in [1.54, 1.807) is 0 Å². The predicted octanol–water partition coefficient (Wildman–Crippen LogP) is -0.417. The lowest BCUT2D eigenvalue weighted by Gasteiger charge is -2.18. The van der Waals surface area contributed by atoms with Gasteiger partial charge in [0.15, 0.2) is 5.92 Å². The Morgan fingerprint density at radius 3 is 1.47 bits per heavy atom. The van der Waals surface area contributed by atoms with E-state index in [0.717, 1.165) is 0 Å². The molecule has 8 heteroatoms. The lowest BCUT2D eigenvalue weighted by molar-refractivity contribution is -0.165. The second-order valence-electron chi connectivity index (χ2n) is 3.57. The van der Waals surface area contributed by atoms with Gasteiger partial charge in [0.2, 0.25) is 0 Å². The van der Waals surface area contributed by atoms with Crippen molar-refractivity contribution in [2.45, 2.75) is 13.3 Å². The van der Waals surface area contributed by atoms with Crippen molar-refractivity contribution in [3.63, 3.8) is 0 Å². The SMILES string of the molecule is CC(CC(C(=O)O)C(C(=O)O)C(=O)O)C(=O)O. The second kappa shape index (κ2) is 5.83. The average molecular weight is 248 g/mol. The number of carboxylic acid groups (broad SMARTS) is 4. The van der Waals surface area contributed by atoms with Crippen LogP contribution in [0.2, 0.25) is 0 Å². The monoisotopic (exact) mass is 248 g/mol. The van der Waals surface area contributed by atoms with Crippen molar-refractivity contribution >= 4 is 23.9 Å². The first-order valence-electron chi connectivity index (χ1n) is 4.59. The molecule has 0 aliphatic carbocycles. The normalized spacial score (nSPS) is 14.0. The third-order valence-electron chi connectivity index (χ3n) is 2.28. The Hall–Kier alpha value is -2.12. The summed E-state index contributed by atoms with van der Waals surface area (Å²) in [5, 5.41) is 34.6. The third-order valence-corrected chi connectivity index (χ3v) is 2.28. The van der Waals surface area contributed by atoms with E-state index in [9.17, 15) is 19.2 Å². The molecule has 0 fully saturated rings. The Bertz CT molecular complexity index is 333. The van der Waals surface area contributed by atoms with Crippen molar-refractivity contribution < 1.29 is 39.6 Å². The molecule has 4 N–H and O–H groups in total.